The molecule has 4 heteroatoms. The van der Waals surface area contributed by atoms with E-state index >= 15 is 0 Å². The number of H-pyrrole nitrogens is 1. The molecule has 0 aliphatic heterocycles. The summed E-state index contributed by atoms with van der Waals surface area (Å²) < 4.78 is 5.73. The van der Waals surface area contributed by atoms with Crippen molar-refractivity contribution in [3.8, 4) is 5.75 Å². The van der Waals surface area contributed by atoms with E-state index in [-0.39, 0.29) is 0 Å². The largest absolute Gasteiger partial charge is 0.494 e. The van der Waals surface area contributed by atoms with Crippen LogP contribution in [-0.4, -0.2) is 22.3 Å². The third kappa shape index (κ3) is 3.83. The van der Waals surface area contributed by atoms with E-state index < -0.39 is 0 Å². The second-order valence-electron chi connectivity index (χ2n) is 5.43. The molecule has 0 aliphatic rings. The van der Waals surface area contributed by atoms with Crippen molar-refractivity contribution in [1.82, 2.24) is 9.97 Å². The van der Waals surface area contributed by atoms with Gasteiger partial charge in [0.15, 0.2) is 5.16 Å². The Morgan fingerprint density at radius 2 is 1.82 bits per heavy atom. The van der Waals surface area contributed by atoms with Gasteiger partial charge < -0.3 is 9.72 Å². The van der Waals surface area contributed by atoms with Crippen molar-refractivity contribution in [3.05, 3.63) is 53.6 Å². The Kier molecular flexibility index (Phi) is 4.68. The van der Waals surface area contributed by atoms with E-state index in [0.717, 1.165) is 40.7 Å². The molecule has 0 saturated heterocycles. The van der Waals surface area contributed by atoms with E-state index in [2.05, 4.69) is 54.1 Å². The molecule has 0 saturated carbocycles. The Hall–Kier alpha value is -1.94. The van der Waals surface area contributed by atoms with Crippen LogP contribution < -0.4 is 4.74 Å². The summed E-state index contributed by atoms with van der Waals surface area (Å²) in [5, 5.41) is 0.982. The summed E-state index contributed by atoms with van der Waals surface area (Å²) in [5.74, 6) is 1.93. The summed E-state index contributed by atoms with van der Waals surface area (Å²) in [6.45, 7) is 4.90. The van der Waals surface area contributed by atoms with Gasteiger partial charge in [0.1, 0.15) is 5.75 Å². The second-order valence-corrected chi connectivity index (χ2v) is 6.51. The Bertz CT molecular complexity index is 749. The van der Waals surface area contributed by atoms with Crippen LogP contribution in [0.2, 0.25) is 0 Å². The van der Waals surface area contributed by atoms with E-state index in [1.54, 1.807) is 11.8 Å². The molecule has 114 valence electrons. The van der Waals surface area contributed by atoms with Crippen LogP contribution in [0.3, 0.4) is 0 Å². The van der Waals surface area contributed by atoms with E-state index in [1.807, 2.05) is 12.1 Å². The fourth-order valence-electron chi connectivity index (χ4n) is 2.22. The SMILES string of the molecule is Cc1ccc(OCCCSc2nc3ccc(C)cc3[nH]2)cc1. The van der Waals surface area contributed by atoms with Crippen molar-refractivity contribution < 1.29 is 4.74 Å². The maximum Gasteiger partial charge on any atom is 0.166 e. The number of hydrogen-bond donors (Lipinski definition) is 1. The van der Waals surface area contributed by atoms with Gasteiger partial charge in [-0.15, -0.1) is 0 Å². The molecule has 22 heavy (non-hydrogen) atoms. The number of benzene rings is 2. The number of hydrogen-bond acceptors (Lipinski definition) is 3. The van der Waals surface area contributed by atoms with Crippen LogP contribution in [0, 0.1) is 13.8 Å². The van der Waals surface area contributed by atoms with Gasteiger partial charge >= 0.3 is 0 Å². The quantitative estimate of drug-likeness (QED) is 0.527. The highest BCUT2D eigenvalue weighted by atomic mass is 32.2. The molecule has 3 aromatic rings. The van der Waals surface area contributed by atoms with Gasteiger partial charge in [-0.3, -0.25) is 0 Å². The molecule has 3 nitrogen and oxygen atoms in total. The van der Waals surface area contributed by atoms with Crippen molar-refractivity contribution in [2.24, 2.45) is 0 Å². The molecule has 0 amide bonds. The lowest BCUT2D eigenvalue weighted by atomic mass is 10.2. The summed E-state index contributed by atoms with van der Waals surface area (Å²) in [7, 11) is 0. The minimum atomic E-state index is 0.732. The number of aryl methyl sites for hydroxylation is 2. The average Bonchev–Trinajstić information content (AvgIpc) is 2.90. The number of nitrogens with one attached hydrogen (secondary N) is 1. The summed E-state index contributed by atoms with van der Waals surface area (Å²) in [6, 6.07) is 14.5. The molecule has 0 spiro atoms. The van der Waals surface area contributed by atoms with Gasteiger partial charge in [-0.1, -0.05) is 35.5 Å². The fraction of sp³-hybridized carbons (Fsp3) is 0.278. The highest BCUT2D eigenvalue weighted by Crippen LogP contribution is 2.21. The number of ether oxygens (including phenoxy) is 1. The lowest BCUT2D eigenvalue weighted by Crippen LogP contribution is -1.98. The number of fused-ring (bicyclic) bond motifs is 1. The molecule has 2 aromatic carbocycles. The van der Waals surface area contributed by atoms with Crippen LogP contribution in [0.1, 0.15) is 17.5 Å². The molecular formula is C18H20N2OS. The predicted octanol–water partition coefficient (Wildman–Crippen LogP) is 4.74. The first-order valence-corrected chi connectivity index (χ1v) is 8.48. The average molecular weight is 312 g/mol. The van der Waals surface area contributed by atoms with Gasteiger partial charge in [-0.05, 0) is 50.1 Å². The smallest absolute Gasteiger partial charge is 0.166 e. The van der Waals surface area contributed by atoms with Crippen LogP contribution in [-0.2, 0) is 0 Å². The van der Waals surface area contributed by atoms with Crippen molar-refractivity contribution in [2.75, 3.05) is 12.4 Å². The fourth-order valence-corrected chi connectivity index (χ4v) is 3.02. The van der Waals surface area contributed by atoms with Gasteiger partial charge in [-0.2, -0.15) is 0 Å². The maximum absolute atomic E-state index is 5.73. The zero-order valence-corrected chi connectivity index (χ0v) is 13.7. The number of imidazole rings is 1. The molecule has 3 rings (SSSR count). The number of aromatic amines is 1. The summed E-state index contributed by atoms with van der Waals surface area (Å²) >= 11 is 1.74. The molecule has 0 atom stereocenters. The standard InChI is InChI=1S/C18H20N2OS/c1-13-4-7-15(8-5-13)21-10-3-11-22-18-19-16-9-6-14(2)12-17(16)20-18/h4-9,12H,3,10-11H2,1-2H3,(H,19,20). The monoisotopic (exact) mass is 312 g/mol. The van der Waals surface area contributed by atoms with E-state index in [9.17, 15) is 0 Å². The van der Waals surface area contributed by atoms with Crippen LogP contribution in [0.15, 0.2) is 47.6 Å². The first kappa shape index (κ1) is 15.0. The molecule has 0 bridgehead atoms. The van der Waals surface area contributed by atoms with Crippen molar-refractivity contribution in [3.63, 3.8) is 0 Å². The normalized spacial score (nSPS) is 11.0. The predicted molar refractivity (Wildman–Crippen MR) is 92.8 cm³/mol. The number of thioether (sulfide) groups is 1. The minimum Gasteiger partial charge on any atom is -0.494 e. The third-order valence-corrected chi connectivity index (χ3v) is 4.39. The van der Waals surface area contributed by atoms with Crippen molar-refractivity contribution in [1.29, 1.82) is 0 Å². The van der Waals surface area contributed by atoms with Crippen molar-refractivity contribution >= 4 is 22.8 Å². The third-order valence-electron chi connectivity index (χ3n) is 3.43. The topological polar surface area (TPSA) is 37.9 Å². The molecule has 0 fully saturated rings. The van der Waals surface area contributed by atoms with Gasteiger partial charge in [0, 0.05) is 5.75 Å². The Labute approximate surface area is 135 Å². The van der Waals surface area contributed by atoms with Crippen molar-refractivity contribution in [2.45, 2.75) is 25.4 Å². The van der Waals surface area contributed by atoms with Gasteiger partial charge in [-0.25, -0.2) is 4.98 Å². The first-order valence-electron chi connectivity index (χ1n) is 7.49. The molecular weight excluding hydrogens is 292 g/mol. The van der Waals surface area contributed by atoms with Gasteiger partial charge in [0.05, 0.1) is 17.6 Å². The van der Waals surface area contributed by atoms with Crippen LogP contribution in [0.25, 0.3) is 11.0 Å². The molecule has 1 heterocycles. The maximum atomic E-state index is 5.73. The second kappa shape index (κ2) is 6.88. The molecule has 0 radical (unpaired) electrons. The van der Waals surface area contributed by atoms with E-state index in [0.29, 0.717) is 0 Å². The highest BCUT2D eigenvalue weighted by Gasteiger charge is 2.03. The zero-order chi connectivity index (χ0) is 15.4. The van der Waals surface area contributed by atoms with E-state index in [1.165, 1.54) is 11.1 Å². The van der Waals surface area contributed by atoms with Crippen LogP contribution in [0.4, 0.5) is 0 Å². The lowest BCUT2D eigenvalue weighted by Gasteiger charge is -2.05. The number of rotatable bonds is 6. The molecule has 1 N–H and O–H groups in total. The Morgan fingerprint density at radius 1 is 1.05 bits per heavy atom. The molecule has 0 unspecified atom stereocenters. The molecule has 1 aromatic heterocycles. The lowest BCUT2D eigenvalue weighted by molar-refractivity contribution is 0.318. The summed E-state index contributed by atoms with van der Waals surface area (Å²) in [6.07, 6.45) is 0.995. The molecule has 0 aliphatic carbocycles. The minimum absolute atomic E-state index is 0.732. The zero-order valence-electron chi connectivity index (χ0n) is 12.9. The highest BCUT2D eigenvalue weighted by molar-refractivity contribution is 7.99. The Morgan fingerprint density at radius 3 is 2.64 bits per heavy atom. The van der Waals surface area contributed by atoms with Gasteiger partial charge in [0.25, 0.3) is 0 Å². The van der Waals surface area contributed by atoms with Crippen LogP contribution >= 0.6 is 11.8 Å². The first-order chi connectivity index (χ1) is 10.7. The summed E-state index contributed by atoms with van der Waals surface area (Å²) in [4.78, 5) is 7.95. The van der Waals surface area contributed by atoms with E-state index in [4.69, 9.17) is 4.74 Å². The van der Waals surface area contributed by atoms with Gasteiger partial charge in [0.2, 0.25) is 0 Å². The number of aromatic nitrogens is 2. The number of nitrogens with zero attached hydrogens (tertiary/aromatic N) is 1. The summed E-state index contributed by atoms with van der Waals surface area (Å²) in [5.41, 5.74) is 4.64. The van der Waals surface area contributed by atoms with Crippen LogP contribution in [0.5, 0.6) is 5.75 Å². The Balaban J connectivity index is 1.45.